The second-order valence-corrected chi connectivity index (χ2v) is 5.04. The smallest absolute Gasteiger partial charge is 0.287 e. The predicted molar refractivity (Wildman–Crippen MR) is 70.4 cm³/mol. The lowest BCUT2D eigenvalue weighted by Gasteiger charge is -2.28. The van der Waals surface area contributed by atoms with Gasteiger partial charge in [0.1, 0.15) is 5.76 Å². The van der Waals surface area contributed by atoms with Gasteiger partial charge in [0.2, 0.25) is 0 Å². The van der Waals surface area contributed by atoms with Gasteiger partial charge in [-0.25, -0.2) is 0 Å². The zero-order valence-electron chi connectivity index (χ0n) is 10.9. The van der Waals surface area contributed by atoms with Crippen molar-refractivity contribution >= 4 is 5.91 Å². The van der Waals surface area contributed by atoms with E-state index in [1.165, 1.54) is 12.8 Å². The minimum Gasteiger partial charge on any atom is -0.456 e. The molecular weight excluding hydrogens is 228 g/mol. The topological polar surface area (TPSA) is 68.3 Å². The van der Waals surface area contributed by atoms with E-state index in [4.69, 9.17) is 10.2 Å². The number of nitrogens with one attached hydrogen (secondary N) is 1. The van der Waals surface area contributed by atoms with Crippen LogP contribution in [0, 0.1) is 5.92 Å². The van der Waals surface area contributed by atoms with Crippen LogP contribution in [-0.2, 0) is 6.42 Å². The minimum atomic E-state index is -0.132. The molecule has 1 fully saturated rings. The Balaban J connectivity index is 1.84. The highest BCUT2D eigenvalue weighted by molar-refractivity contribution is 5.91. The number of aryl methyl sites for hydroxylation is 1. The minimum absolute atomic E-state index is 0.132. The van der Waals surface area contributed by atoms with Gasteiger partial charge in [0.25, 0.3) is 5.91 Å². The third-order valence-corrected chi connectivity index (χ3v) is 3.73. The number of carbonyl (C=O) groups is 1. The molecule has 100 valence electrons. The summed E-state index contributed by atoms with van der Waals surface area (Å²) in [6, 6.07) is 3.80. The van der Waals surface area contributed by atoms with Crippen molar-refractivity contribution in [3.63, 3.8) is 0 Å². The normalized spacial score (nSPS) is 23.9. The van der Waals surface area contributed by atoms with Crippen LogP contribution in [0.3, 0.4) is 0 Å². The summed E-state index contributed by atoms with van der Waals surface area (Å²) in [5.41, 5.74) is 6.05. The van der Waals surface area contributed by atoms with Crippen LogP contribution in [0.25, 0.3) is 0 Å². The lowest BCUT2D eigenvalue weighted by molar-refractivity contribution is 0.0912. The highest BCUT2D eigenvalue weighted by Gasteiger charge is 2.22. The highest BCUT2D eigenvalue weighted by atomic mass is 16.3. The molecule has 1 heterocycles. The monoisotopic (exact) mass is 250 g/mol. The molecule has 1 amide bonds. The summed E-state index contributed by atoms with van der Waals surface area (Å²) in [5.74, 6) is 1.52. The van der Waals surface area contributed by atoms with Gasteiger partial charge < -0.3 is 15.5 Å². The van der Waals surface area contributed by atoms with Crippen LogP contribution >= 0.6 is 0 Å². The third kappa shape index (κ3) is 3.13. The van der Waals surface area contributed by atoms with Crippen molar-refractivity contribution in [1.29, 1.82) is 0 Å². The molecule has 0 saturated heterocycles. The Bertz CT molecular complexity index is 400. The average molecular weight is 250 g/mol. The van der Waals surface area contributed by atoms with Crippen LogP contribution in [0.1, 0.15) is 48.9 Å². The molecule has 0 aromatic carbocycles. The Morgan fingerprint density at radius 3 is 2.89 bits per heavy atom. The maximum absolute atomic E-state index is 11.9. The lowest BCUT2D eigenvalue weighted by atomic mass is 9.85. The van der Waals surface area contributed by atoms with Crippen LogP contribution in [-0.4, -0.2) is 18.5 Å². The van der Waals surface area contributed by atoms with Gasteiger partial charge in [0.05, 0.1) is 0 Å². The van der Waals surface area contributed by atoms with E-state index >= 15 is 0 Å². The van der Waals surface area contributed by atoms with E-state index in [0.29, 0.717) is 18.2 Å². The summed E-state index contributed by atoms with van der Waals surface area (Å²) in [4.78, 5) is 11.9. The van der Waals surface area contributed by atoms with Gasteiger partial charge in [0, 0.05) is 19.0 Å². The van der Waals surface area contributed by atoms with Gasteiger partial charge in [-0.05, 0) is 30.9 Å². The number of nitrogens with two attached hydrogens (primary N) is 1. The predicted octanol–water partition coefficient (Wildman–Crippen LogP) is 2.09. The first kappa shape index (κ1) is 13.1. The number of hydrogen-bond acceptors (Lipinski definition) is 3. The molecule has 4 nitrogen and oxygen atoms in total. The number of hydrogen-bond donors (Lipinski definition) is 2. The molecule has 1 saturated carbocycles. The van der Waals surface area contributed by atoms with Crippen LogP contribution in [0.2, 0.25) is 0 Å². The third-order valence-electron chi connectivity index (χ3n) is 3.73. The van der Waals surface area contributed by atoms with E-state index in [1.807, 2.05) is 13.0 Å². The van der Waals surface area contributed by atoms with E-state index in [9.17, 15) is 4.79 Å². The molecule has 4 heteroatoms. The number of amides is 1. The quantitative estimate of drug-likeness (QED) is 0.859. The summed E-state index contributed by atoms with van der Waals surface area (Å²) < 4.78 is 5.42. The first-order valence-corrected chi connectivity index (χ1v) is 6.83. The van der Waals surface area contributed by atoms with Crippen molar-refractivity contribution in [2.75, 3.05) is 6.54 Å². The molecule has 3 N–H and O–H groups in total. The second-order valence-electron chi connectivity index (χ2n) is 5.04. The average Bonchev–Trinajstić information content (AvgIpc) is 2.86. The molecule has 0 bridgehead atoms. The first-order chi connectivity index (χ1) is 8.70. The number of rotatable bonds is 4. The SMILES string of the molecule is CCc1ccc(C(=O)NCC2CCCCC2N)o1. The number of furan rings is 1. The zero-order chi connectivity index (χ0) is 13.0. The fourth-order valence-corrected chi connectivity index (χ4v) is 2.49. The van der Waals surface area contributed by atoms with E-state index in [0.717, 1.165) is 25.0 Å². The fraction of sp³-hybridized carbons (Fsp3) is 0.643. The molecule has 1 aliphatic carbocycles. The summed E-state index contributed by atoms with van der Waals surface area (Å²) in [6.07, 6.45) is 5.42. The molecule has 1 aliphatic rings. The second kappa shape index (κ2) is 6.05. The first-order valence-electron chi connectivity index (χ1n) is 6.83. The molecule has 0 spiro atoms. The zero-order valence-corrected chi connectivity index (χ0v) is 10.9. The van der Waals surface area contributed by atoms with E-state index in [1.54, 1.807) is 6.07 Å². The van der Waals surface area contributed by atoms with E-state index < -0.39 is 0 Å². The Hall–Kier alpha value is -1.29. The Labute approximate surface area is 108 Å². The maximum Gasteiger partial charge on any atom is 0.287 e. The van der Waals surface area contributed by atoms with Crippen LogP contribution in [0.15, 0.2) is 16.5 Å². The van der Waals surface area contributed by atoms with Crippen LogP contribution in [0.4, 0.5) is 0 Å². The maximum atomic E-state index is 11.9. The van der Waals surface area contributed by atoms with Gasteiger partial charge in [-0.15, -0.1) is 0 Å². The fourth-order valence-electron chi connectivity index (χ4n) is 2.49. The van der Waals surface area contributed by atoms with E-state index in [-0.39, 0.29) is 11.9 Å². The lowest BCUT2D eigenvalue weighted by Crippen LogP contribution is -2.41. The molecule has 2 unspecified atom stereocenters. The van der Waals surface area contributed by atoms with Gasteiger partial charge in [-0.2, -0.15) is 0 Å². The van der Waals surface area contributed by atoms with Crippen molar-refractivity contribution in [3.05, 3.63) is 23.7 Å². The molecule has 0 aliphatic heterocycles. The summed E-state index contributed by atoms with van der Waals surface area (Å²) >= 11 is 0. The molecule has 1 aromatic heterocycles. The molecule has 0 radical (unpaired) electrons. The molecule has 2 atom stereocenters. The molecule has 18 heavy (non-hydrogen) atoms. The van der Waals surface area contributed by atoms with Crippen molar-refractivity contribution in [2.24, 2.45) is 11.7 Å². The number of carbonyl (C=O) groups excluding carboxylic acids is 1. The van der Waals surface area contributed by atoms with Gasteiger partial charge in [-0.1, -0.05) is 19.8 Å². The molecular formula is C14H22N2O2. The Kier molecular flexibility index (Phi) is 4.42. The van der Waals surface area contributed by atoms with Crippen molar-refractivity contribution < 1.29 is 9.21 Å². The Morgan fingerprint density at radius 2 is 2.22 bits per heavy atom. The summed E-state index contributed by atoms with van der Waals surface area (Å²) in [7, 11) is 0. The van der Waals surface area contributed by atoms with Gasteiger partial charge >= 0.3 is 0 Å². The molecule has 1 aromatic rings. The highest BCUT2D eigenvalue weighted by Crippen LogP contribution is 2.22. The van der Waals surface area contributed by atoms with Gasteiger partial charge in [0.15, 0.2) is 5.76 Å². The summed E-state index contributed by atoms with van der Waals surface area (Å²) in [5, 5.41) is 2.92. The van der Waals surface area contributed by atoms with E-state index in [2.05, 4.69) is 5.32 Å². The summed E-state index contributed by atoms with van der Waals surface area (Å²) in [6.45, 7) is 2.66. The largest absolute Gasteiger partial charge is 0.456 e. The van der Waals surface area contributed by atoms with Gasteiger partial charge in [-0.3, -0.25) is 4.79 Å². The Morgan fingerprint density at radius 1 is 1.44 bits per heavy atom. The van der Waals surface area contributed by atoms with Crippen LogP contribution < -0.4 is 11.1 Å². The van der Waals surface area contributed by atoms with Crippen molar-refractivity contribution in [2.45, 2.75) is 45.1 Å². The molecule has 2 rings (SSSR count). The van der Waals surface area contributed by atoms with Crippen molar-refractivity contribution in [1.82, 2.24) is 5.32 Å². The standard InChI is InChI=1S/C14H22N2O2/c1-2-11-7-8-13(18-11)14(17)16-9-10-5-3-4-6-12(10)15/h7-8,10,12H,2-6,9,15H2,1H3,(H,16,17). The van der Waals surface area contributed by atoms with Crippen LogP contribution in [0.5, 0.6) is 0 Å². The van der Waals surface area contributed by atoms with Crippen molar-refractivity contribution in [3.8, 4) is 0 Å².